The molecule has 0 bridgehead atoms. The van der Waals surface area contributed by atoms with Gasteiger partial charge in [-0.25, -0.2) is 0 Å². The van der Waals surface area contributed by atoms with Crippen LogP contribution in [0.3, 0.4) is 0 Å². The molecular weight excluding hydrogens is 222 g/mol. The van der Waals surface area contributed by atoms with Gasteiger partial charge in [0.05, 0.1) is 6.61 Å². The third kappa shape index (κ3) is 5.42. The molecule has 0 amide bonds. The molecule has 1 aliphatic carbocycles. The van der Waals surface area contributed by atoms with Gasteiger partial charge in [0.1, 0.15) is 0 Å². The lowest BCUT2D eigenvalue weighted by molar-refractivity contribution is 0.204. The van der Waals surface area contributed by atoms with Crippen LogP contribution in [-0.2, 0) is 4.74 Å². The largest absolute Gasteiger partial charge is 0.383 e. The number of nitrogens with zero attached hydrogens (tertiary/aromatic N) is 1. The van der Waals surface area contributed by atoms with Gasteiger partial charge < -0.3 is 10.1 Å². The number of hydrogen-bond donors (Lipinski definition) is 2. The van der Waals surface area contributed by atoms with E-state index in [0.29, 0.717) is 18.3 Å². The SMILES string of the molecule is COCCNC(=S)NN=C1CCC(C)CC1. The minimum atomic E-state index is 0.572. The van der Waals surface area contributed by atoms with E-state index in [-0.39, 0.29) is 0 Å². The van der Waals surface area contributed by atoms with Gasteiger partial charge in [-0.2, -0.15) is 5.10 Å². The second kappa shape index (κ2) is 7.57. The standard InChI is InChI=1S/C11H21N3OS/c1-9-3-5-10(6-4-9)13-14-11(16)12-7-8-15-2/h9H,3-8H2,1-2H3,(H2,12,14,16). The summed E-state index contributed by atoms with van der Waals surface area (Å²) in [4.78, 5) is 0. The van der Waals surface area contributed by atoms with Gasteiger partial charge in [0, 0.05) is 19.4 Å². The van der Waals surface area contributed by atoms with Gasteiger partial charge in [-0.05, 0) is 43.8 Å². The van der Waals surface area contributed by atoms with Gasteiger partial charge in [-0.15, -0.1) is 0 Å². The summed E-state index contributed by atoms with van der Waals surface area (Å²) in [5.41, 5.74) is 4.11. The zero-order valence-corrected chi connectivity index (χ0v) is 10.9. The molecule has 4 nitrogen and oxygen atoms in total. The Hall–Kier alpha value is -0.680. The van der Waals surface area contributed by atoms with Crippen LogP contribution >= 0.6 is 12.2 Å². The van der Waals surface area contributed by atoms with E-state index < -0.39 is 0 Å². The Morgan fingerprint density at radius 1 is 1.50 bits per heavy atom. The van der Waals surface area contributed by atoms with Crippen molar-refractivity contribution in [2.75, 3.05) is 20.3 Å². The van der Waals surface area contributed by atoms with Crippen LogP contribution in [0, 0.1) is 5.92 Å². The molecule has 0 aliphatic heterocycles. The molecule has 1 fully saturated rings. The molecule has 1 aliphatic rings. The van der Waals surface area contributed by atoms with Crippen molar-refractivity contribution in [2.45, 2.75) is 32.6 Å². The number of ether oxygens (including phenoxy) is 1. The lowest BCUT2D eigenvalue weighted by atomic mass is 9.90. The summed E-state index contributed by atoms with van der Waals surface area (Å²) in [6.45, 7) is 3.65. The maximum atomic E-state index is 5.07. The molecule has 0 heterocycles. The van der Waals surface area contributed by atoms with Crippen molar-refractivity contribution in [1.82, 2.24) is 10.7 Å². The highest BCUT2D eigenvalue weighted by atomic mass is 32.1. The molecule has 0 radical (unpaired) electrons. The van der Waals surface area contributed by atoms with Crippen LogP contribution in [0.2, 0.25) is 0 Å². The van der Waals surface area contributed by atoms with Crippen LogP contribution in [0.4, 0.5) is 0 Å². The number of hydrogen-bond acceptors (Lipinski definition) is 3. The summed E-state index contributed by atoms with van der Waals surface area (Å²) >= 11 is 5.07. The molecule has 92 valence electrons. The number of nitrogens with one attached hydrogen (secondary N) is 2. The van der Waals surface area contributed by atoms with Crippen LogP contribution in [0.15, 0.2) is 5.10 Å². The first-order chi connectivity index (χ1) is 7.72. The fourth-order valence-corrected chi connectivity index (χ4v) is 1.79. The van der Waals surface area contributed by atoms with E-state index >= 15 is 0 Å². The highest BCUT2D eigenvalue weighted by molar-refractivity contribution is 7.80. The van der Waals surface area contributed by atoms with Crippen molar-refractivity contribution in [3.05, 3.63) is 0 Å². The van der Waals surface area contributed by atoms with Gasteiger partial charge in [-0.1, -0.05) is 6.92 Å². The molecule has 0 aromatic heterocycles. The van der Waals surface area contributed by atoms with Crippen molar-refractivity contribution in [3.63, 3.8) is 0 Å². The predicted molar refractivity (Wildman–Crippen MR) is 70.7 cm³/mol. The van der Waals surface area contributed by atoms with Crippen molar-refractivity contribution >= 4 is 23.0 Å². The van der Waals surface area contributed by atoms with E-state index in [0.717, 1.165) is 18.8 Å². The smallest absolute Gasteiger partial charge is 0.187 e. The summed E-state index contributed by atoms with van der Waals surface area (Å²) in [6, 6.07) is 0. The second-order valence-corrected chi connectivity index (χ2v) is 4.63. The molecule has 1 rings (SSSR count). The van der Waals surface area contributed by atoms with Gasteiger partial charge in [0.25, 0.3) is 0 Å². The van der Waals surface area contributed by atoms with E-state index in [9.17, 15) is 0 Å². The van der Waals surface area contributed by atoms with Gasteiger partial charge >= 0.3 is 0 Å². The van der Waals surface area contributed by atoms with Crippen molar-refractivity contribution in [3.8, 4) is 0 Å². The van der Waals surface area contributed by atoms with E-state index in [1.54, 1.807) is 7.11 Å². The third-order valence-electron chi connectivity index (χ3n) is 2.76. The Labute approximate surface area is 103 Å². The quantitative estimate of drug-likeness (QED) is 0.448. The van der Waals surface area contributed by atoms with Crippen molar-refractivity contribution in [2.24, 2.45) is 11.0 Å². The highest BCUT2D eigenvalue weighted by Crippen LogP contribution is 2.20. The lowest BCUT2D eigenvalue weighted by Crippen LogP contribution is -2.35. The molecule has 2 N–H and O–H groups in total. The van der Waals surface area contributed by atoms with Gasteiger partial charge in [0.2, 0.25) is 0 Å². The monoisotopic (exact) mass is 243 g/mol. The molecular formula is C11H21N3OS. The van der Waals surface area contributed by atoms with Crippen LogP contribution < -0.4 is 10.7 Å². The van der Waals surface area contributed by atoms with Crippen LogP contribution in [-0.4, -0.2) is 31.1 Å². The van der Waals surface area contributed by atoms with Crippen LogP contribution in [0.5, 0.6) is 0 Å². The summed E-state index contributed by atoms with van der Waals surface area (Å²) < 4.78 is 4.91. The maximum absolute atomic E-state index is 5.07. The topological polar surface area (TPSA) is 45.6 Å². The minimum Gasteiger partial charge on any atom is -0.383 e. The molecule has 1 saturated carbocycles. The number of methoxy groups -OCH3 is 1. The Morgan fingerprint density at radius 2 is 2.19 bits per heavy atom. The average Bonchev–Trinajstić information content (AvgIpc) is 2.29. The second-order valence-electron chi connectivity index (χ2n) is 4.22. The Morgan fingerprint density at radius 3 is 2.81 bits per heavy atom. The Kier molecular flexibility index (Phi) is 6.33. The summed E-state index contributed by atoms with van der Waals surface area (Å²) in [6.07, 6.45) is 4.67. The fraction of sp³-hybridized carbons (Fsp3) is 0.818. The Bertz CT molecular complexity index is 246. The Balaban J connectivity index is 2.17. The van der Waals surface area contributed by atoms with E-state index in [1.807, 2.05) is 0 Å². The third-order valence-corrected chi connectivity index (χ3v) is 2.99. The fourth-order valence-electron chi connectivity index (χ4n) is 1.64. The summed E-state index contributed by atoms with van der Waals surface area (Å²) in [5.74, 6) is 0.839. The van der Waals surface area contributed by atoms with Crippen molar-refractivity contribution < 1.29 is 4.74 Å². The first-order valence-electron chi connectivity index (χ1n) is 5.80. The van der Waals surface area contributed by atoms with Crippen molar-refractivity contribution in [1.29, 1.82) is 0 Å². The molecule has 0 atom stereocenters. The van der Waals surface area contributed by atoms with Crippen LogP contribution in [0.1, 0.15) is 32.6 Å². The van der Waals surface area contributed by atoms with Gasteiger partial charge in [-0.3, -0.25) is 5.43 Å². The summed E-state index contributed by atoms with van der Waals surface area (Å²) in [5, 5.41) is 7.91. The maximum Gasteiger partial charge on any atom is 0.187 e. The molecule has 0 spiro atoms. The number of rotatable bonds is 4. The van der Waals surface area contributed by atoms with E-state index in [4.69, 9.17) is 17.0 Å². The lowest BCUT2D eigenvalue weighted by Gasteiger charge is -2.19. The zero-order chi connectivity index (χ0) is 11.8. The molecule has 16 heavy (non-hydrogen) atoms. The first-order valence-corrected chi connectivity index (χ1v) is 6.21. The molecule has 0 aromatic carbocycles. The minimum absolute atomic E-state index is 0.572. The van der Waals surface area contributed by atoms with E-state index in [1.165, 1.54) is 18.6 Å². The molecule has 0 unspecified atom stereocenters. The zero-order valence-electron chi connectivity index (χ0n) is 10.1. The molecule has 0 saturated heterocycles. The first kappa shape index (κ1) is 13.4. The average molecular weight is 243 g/mol. The molecule has 5 heteroatoms. The highest BCUT2D eigenvalue weighted by Gasteiger charge is 2.13. The summed E-state index contributed by atoms with van der Waals surface area (Å²) in [7, 11) is 1.67. The van der Waals surface area contributed by atoms with Crippen LogP contribution in [0.25, 0.3) is 0 Å². The molecule has 0 aromatic rings. The van der Waals surface area contributed by atoms with Gasteiger partial charge in [0.15, 0.2) is 5.11 Å². The van der Waals surface area contributed by atoms with E-state index in [2.05, 4.69) is 22.8 Å². The number of thiocarbonyl (C=S) groups is 1. The normalized spacial score (nSPS) is 20.4. The number of hydrazone groups is 1. The predicted octanol–water partition coefficient (Wildman–Crippen LogP) is 1.66.